The first-order valence-corrected chi connectivity index (χ1v) is 10.1. The van der Waals surface area contributed by atoms with Gasteiger partial charge in [-0.1, -0.05) is 30.3 Å². The quantitative estimate of drug-likeness (QED) is 0.851. The SMILES string of the molecule is O[C@H](CO[C@H]1CCCc2ccccc21)CN1CCN(c2ccccn2)CC1. The van der Waals surface area contributed by atoms with E-state index in [0.29, 0.717) is 13.2 Å². The molecule has 144 valence electrons. The van der Waals surface area contributed by atoms with E-state index in [4.69, 9.17) is 4.74 Å². The van der Waals surface area contributed by atoms with Gasteiger partial charge in [-0.2, -0.15) is 0 Å². The topological polar surface area (TPSA) is 48.8 Å². The number of β-amino-alcohol motifs (C(OH)–C–C–N with tert-alkyl or cyclic N) is 1. The van der Waals surface area contributed by atoms with Gasteiger partial charge in [0, 0.05) is 38.9 Å². The van der Waals surface area contributed by atoms with Crippen LogP contribution in [0.25, 0.3) is 0 Å². The molecule has 1 N–H and O–H groups in total. The molecule has 1 aliphatic heterocycles. The third-order valence-electron chi connectivity index (χ3n) is 5.62. The predicted molar refractivity (Wildman–Crippen MR) is 107 cm³/mol. The molecule has 0 saturated carbocycles. The van der Waals surface area contributed by atoms with Gasteiger partial charge in [-0.25, -0.2) is 4.98 Å². The molecule has 0 unspecified atom stereocenters. The first kappa shape index (κ1) is 18.4. The molecule has 1 fully saturated rings. The molecule has 0 amide bonds. The van der Waals surface area contributed by atoms with Gasteiger partial charge in [-0.05, 0) is 42.5 Å². The van der Waals surface area contributed by atoms with Gasteiger partial charge in [0.1, 0.15) is 5.82 Å². The van der Waals surface area contributed by atoms with E-state index in [-0.39, 0.29) is 6.10 Å². The van der Waals surface area contributed by atoms with E-state index in [1.807, 2.05) is 18.3 Å². The fraction of sp³-hybridized carbons (Fsp3) is 0.500. The lowest BCUT2D eigenvalue weighted by Gasteiger charge is -2.36. The van der Waals surface area contributed by atoms with Crippen molar-refractivity contribution in [2.24, 2.45) is 0 Å². The normalized spacial score (nSPS) is 21.7. The van der Waals surface area contributed by atoms with Gasteiger partial charge in [0.25, 0.3) is 0 Å². The largest absolute Gasteiger partial charge is 0.389 e. The Balaban J connectivity index is 1.22. The molecule has 0 radical (unpaired) electrons. The van der Waals surface area contributed by atoms with Gasteiger partial charge in [0.05, 0.1) is 18.8 Å². The number of rotatable bonds is 6. The Morgan fingerprint density at radius 1 is 1.07 bits per heavy atom. The van der Waals surface area contributed by atoms with Gasteiger partial charge in [-0.3, -0.25) is 4.90 Å². The number of hydrogen-bond donors (Lipinski definition) is 1. The van der Waals surface area contributed by atoms with E-state index >= 15 is 0 Å². The number of nitrogens with zero attached hydrogens (tertiary/aromatic N) is 3. The van der Waals surface area contributed by atoms with Gasteiger partial charge in [0.15, 0.2) is 0 Å². The Bertz CT molecular complexity index is 717. The van der Waals surface area contributed by atoms with E-state index in [1.165, 1.54) is 11.1 Å². The number of ether oxygens (including phenoxy) is 1. The van der Waals surface area contributed by atoms with Gasteiger partial charge < -0.3 is 14.7 Å². The summed E-state index contributed by atoms with van der Waals surface area (Å²) in [6, 6.07) is 14.6. The molecule has 0 bridgehead atoms. The van der Waals surface area contributed by atoms with Gasteiger partial charge in [-0.15, -0.1) is 0 Å². The Hall–Kier alpha value is -1.95. The molecule has 0 spiro atoms. The monoisotopic (exact) mass is 367 g/mol. The Labute approximate surface area is 161 Å². The molecule has 2 heterocycles. The molecular formula is C22H29N3O2. The van der Waals surface area contributed by atoms with Crippen LogP contribution in [0.4, 0.5) is 5.82 Å². The maximum Gasteiger partial charge on any atom is 0.128 e. The van der Waals surface area contributed by atoms with Crippen molar-refractivity contribution in [3.63, 3.8) is 0 Å². The lowest BCUT2D eigenvalue weighted by Crippen LogP contribution is -2.49. The zero-order chi connectivity index (χ0) is 18.5. The van der Waals surface area contributed by atoms with E-state index in [2.05, 4.69) is 45.1 Å². The average molecular weight is 367 g/mol. The molecule has 5 heteroatoms. The van der Waals surface area contributed by atoms with Gasteiger partial charge >= 0.3 is 0 Å². The summed E-state index contributed by atoms with van der Waals surface area (Å²) in [4.78, 5) is 9.05. The third-order valence-corrected chi connectivity index (χ3v) is 5.62. The Kier molecular flexibility index (Phi) is 6.02. The summed E-state index contributed by atoms with van der Waals surface area (Å²) in [5.41, 5.74) is 2.70. The minimum absolute atomic E-state index is 0.130. The average Bonchev–Trinajstić information content (AvgIpc) is 2.73. The molecule has 5 nitrogen and oxygen atoms in total. The summed E-state index contributed by atoms with van der Waals surface area (Å²) in [5.74, 6) is 1.04. The zero-order valence-electron chi connectivity index (χ0n) is 15.8. The summed E-state index contributed by atoms with van der Waals surface area (Å²) < 4.78 is 6.11. The third kappa shape index (κ3) is 4.67. The number of anilines is 1. The van der Waals surface area contributed by atoms with Crippen LogP contribution >= 0.6 is 0 Å². The van der Waals surface area contributed by atoms with Crippen LogP contribution in [0.15, 0.2) is 48.7 Å². The van der Waals surface area contributed by atoms with Crippen LogP contribution in [0.5, 0.6) is 0 Å². The molecule has 27 heavy (non-hydrogen) atoms. The summed E-state index contributed by atoms with van der Waals surface area (Å²) in [6.45, 7) is 4.85. The number of piperazine rings is 1. The molecule has 2 aromatic rings. The molecule has 1 aromatic carbocycles. The molecule has 4 rings (SSSR count). The van der Waals surface area contributed by atoms with Crippen molar-refractivity contribution in [1.29, 1.82) is 0 Å². The lowest BCUT2D eigenvalue weighted by molar-refractivity contribution is -0.0285. The number of aliphatic hydroxyl groups is 1. The first-order chi connectivity index (χ1) is 13.3. The highest BCUT2D eigenvalue weighted by molar-refractivity contribution is 5.38. The number of fused-ring (bicyclic) bond motifs is 1. The Morgan fingerprint density at radius 3 is 2.70 bits per heavy atom. The molecular weight excluding hydrogens is 338 g/mol. The second-order valence-electron chi connectivity index (χ2n) is 7.54. The molecule has 2 atom stereocenters. The van der Waals surface area contributed by atoms with Crippen LogP contribution < -0.4 is 4.90 Å². The second-order valence-corrected chi connectivity index (χ2v) is 7.54. The standard InChI is InChI=1S/C22H29N3O2/c26-19(17-27-21-9-5-7-18-6-1-2-8-20(18)21)16-24-12-14-25(15-13-24)22-10-3-4-11-23-22/h1-4,6,8,10-11,19,21,26H,5,7,9,12-17H2/t19-,21-/m0/s1. The molecule has 1 aromatic heterocycles. The number of hydrogen-bond acceptors (Lipinski definition) is 5. The van der Waals surface area contributed by atoms with Crippen LogP contribution in [0.3, 0.4) is 0 Å². The highest BCUT2D eigenvalue weighted by atomic mass is 16.5. The van der Waals surface area contributed by atoms with Crippen LogP contribution in [0.1, 0.15) is 30.1 Å². The van der Waals surface area contributed by atoms with Crippen LogP contribution in [-0.2, 0) is 11.2 Å². The van der Waals surface area contributed by atoms with Crippen LogP contribution in [0, 0.1) is 0 Å². The Morgan fingerprint density at radius 2 is 1.89 bits per heavy atom. The number of aryl methyl sites for hydroxylation is 1. The van der Waals surface area contributed by atoms with Crippen molar-refractivity contribution in [2.75, 3.05) is 44.2 Å². The zero-order valence-corrected chi connectivity index (χ0v) is 15.8. The van der Waals surface area contributed by atoms with Crippen molar-refractivity contribution in [3.05, 3.63) is 59.8 Å². The number of aromatic nitrogens is 1. The van der Waals surface area contributed by atoms with Crippen molar-refractivity contribution in [1.82, 2.24) is 9.88 Å². The smallest absolute Gasteiger partial charge is 0.128 e. The lowest BCUT2D eigenvalue weighted by atomic mass is 9.89. The molecule has 1 saturated heterocycles. The number of benzene rings is 1. The maximum atomic E-state index is 10.5. The molecule has 2 aliphatic rings. The fourth-order valence-corrected chi connectivity index (χ4v) is 4.16. The first-order valence-electron chi connectivity index (χ1n) is 10.1. The van der Waals surface area contributed by atoms with Crippen molar-refractivity contribution < 1.29 is 9.84 Å². The van der Waals surface area contributed by atoms with Crippen LogP contribution in [-0.4, -0.2) is 60.4 Å². The summed E-state index contributed by atoms with van der Waals surface area (Å²) >= 11 is 0. The second kappa shape index (κ2) is 8.83. The number of aliphatic hydroxyl groups excluding tert-OH is 1. The predicted octanol–water partition coefficient (Wildman–Crippen LogP) is 2.66. The molecule has 1 aliphatic carbocycles. The van der Waals surface area contributed by atoms with E-state index in [1.54, 1.807) is 0 Å². The van der Waals surface area contributed by atoms with Crippen molar-refractivity contribution in [3.8, 4) is 0 Å². The number of pyridine rings is 1. The fourth-order valence-electron chi connectivity index (χ4n) is 4.16. The summed E-state index contributed by atoms with van der Waals surface area (Å²) in [6.07, 6.45) is 4.87. The van der Waals surface area contributed by atoms with E-state index in [9.17, 15) is 5.11 Å². The van der Waals surface area contributed by atoms with Gasteiger partial charge in [0.2, 0.25) is 0 Å². The van der Waals surface area contributed by atoms with Crippen molar-refractivity contribution in [2.45, 2.75) is 31.5 Å². The summed E-state index contributed by atoms with van der Waals surface area (Å²) in [5, 5.41) is 10.5. The maximum absolute atomic E-state index is 10.5. The van der Waals surface area contributed by atoms with E-state index < -0.39 is 6.10 Å². The van der Waals surface area contributed by atoms with E-state index in [0.717, 1.165) is 51.3 Å². The summed E-state index contributed by atoms with van der Waals surface area (Å²) in [7, 11) is 0. The van der Waals surface area contributed by atoms with Crippen LogP contribution in [0.2, 0.25) is 0 Å². The minimum atomic E-state index is -0.444. The minimum Gasteiger partial charge on any atom is -0.389 e. The van der Waals surface area contributed by atoms with Crippen molar-refractivity contribution >= 4 is 5.82 Å². The highest BCUT2D eigenvalue weighted by Gasteiger charge is 2.23. The highest BCUT2D eigenvalue weighted by Crippen LogP contribution is 2.32.